The average Bonchev–Trinajstić information content (AvgIpc) is 2.80. The Labute approximate surface area is 192 Å². The molecule has 2 unspecified atom stereocenters. The topological polar surface area (TPSA) is 158 Å². The zero-order chi connectivity index (χ0) is 24.4. The molecule has 3 N–H and O–H groups in total. The van der Waals surface area contributed by atoms with Gasteiger partial charge in [0.25, 0.3) is 11.6 Å². The molecule has 176 valence electrons. The van der Waals surface area contributed by atoms with Crippen LogP contribution in [0.2, 0.25) is 0 Å². The largest absolute Gasteiger partial charge is 0.448 e. The number of nitrogens with zero attached hydrogens (tertiary/aromatic N) is 2. The normalized spacial score (nSPS) is 16.3. The van der Waals surface area contributed by atoms with E-state index in [4.69, 9.17) is 20.5 Å². The highest BCUT2D eigenvalue weighted by atomic mass is 16.6. The van der Waals surface area contributed by atoms with Gasteiger partial charge in [-0.3, -0.25) is 14.9 Å². The Balaban J connectivity index is 2.43. The van der Waals surface area contributed by atoms with Crippen molar-refractivity contribution in [1.82, 2.24) is 5.32 Å². The third-order valence-corrected chi connectivity index (χ3v) is 5.24. The number of hydrogen-bond acceptors (Lipinski definition) is 8. The first kappa shape index (κ1) is 25.5. The van der Waals surface area contributed by atoms with Crippen LogP contribution >= 0.6 is 0 Å². The molecule has 0 spiro atoms. The fraction of sp³-hybridized carbons (Fsp3) is 0.435. The van der Waals surface area contributed by atoms with Gasteiger partial charge in [0, 0.05) is 43.2 Å². The minimum Gasteiger partial charge on any atom is -0.448 e. The maximum absolute atomic E-state index is 13.1. The van der Waals surface area contributed by atoms with Crippen LogP contribution < -0.4 is 11.1 Å². The fourth-order valence-corrected chi connectivity index (χ4v) is 3.55. The molecule has 1 aromatic rings. The molecule has 1 heterocycles. The molecular formula is C23H28N4O6. The Bertz CT molecular complexity index is 978. The molecule has 10 heteroatoms. The Morgan fingerprint density at radius 3 is 2.55 bits per heavy atom. The van der Waals surface area contributed by atoms with Gasteiger partial charge in [-0.2, -0.15) is 5.26 Å². The number of amides is 1. The van der Waals surface area contributed by atoms with Crippen LogP contribution in [0.3, 0.4) is 0 Å². The number of rotatable bonds is 12. The molecule has 1 aromatic carbocycles. The molecule has 0 aromatic heterocycles. The zero-order valence-corrected chi connectivity index (χ0v) is 18.7. The lowest BCUT2D eigenvalue weighted by Crippen LogP contribution is -2.35. The summed E-state index contributed by atoms with van der Waals surface area (Å²) in [4.78, 5) is 35.3. The lowest BCUT2D eigenvalue weighted by atomic mass is 9.85. The second kappa shape index (κ2) is 12.4. The number of nitro benzene ring substituents is 1. The second-order valence-electron chi connectivity index (χ2n) is 7.50. The van der Waals surface area contributed by atoms with E-state index in [0.29, 0.717) is 24.3 Å². The summed E-state index contributed by atoms with van der Waals surface area (Å²) in [6, 6.07) is 7.72. The van der Waals surface area contributed by atoms with E-state index >= 15 is 0 Å². The van der Waals surface area contributed by atoms with E-state index in [9.17, 15) is 19.7 Å². The summed E-state index contributed by atoms with van der Waals surface area (Å²) >= 11 is 0. The quantitative estimate of drug-likeness (QED) is 0.210. The first-order valence-corrected chi connectivity index (χ1v) is 10.6. The number of ether oxygens (including phenoxy) is 2. The molecule has 2 rings (SSSR count). The maximum atomic E-state index is 13.1. The molecule has 33 heavy (non-hydrogen) atoms. The highest BCUT2D eigenvalue weighted by Gasteiger charge is 2.32. The van der Waals surface area contributed by atoms with Gasteiger partial charge < -0.3 is 20.5 Å². The number of nitrogens with one attached hydrogen (secondary N) is 1. The van der Waals surface area contributed by atoms with Crippen molar-refractivity contribution in [2.75, 3.05) is 13.7 Å². The van der Waals surface area contributed by atoms with Gasteiger partial charge in [0.2, 0.25) is 0 Å². The lowest BCUT2D eigenvalue weighted by Gasteiger charge is -2.29. The summed E-state index contributed by atoms with van der Waals surface area (Å²) in [5, 5.41) is 23.3. The van der Waals surface area contributed by atoms with Gasteiger partial charge in [0.05, 0.1) is 23.0 Å². The summed E-state index contributed by atoms with van der Waals surface area (Å²) in [7, 11) is 1.64. The van der Waals surface area contributed by atoms with Crippen molar-refractivity contribution in [2.24, 2.45) is 5.73 Å². The summed E-state index contributed by atoms with van der Waals surface area (Å²) in [6.07, 6.45) is 3.08. The molecular weight excluding hydrogens is 428 g/mol. The molecule has 0 saturated carbocycles. The highest BCUT2D eigenvalue weighted by molar-refractivity contribution is 5.94. The number of benzene rings is 1. The van der Waals surface area contributed by atoms with Crippen molar-refractivity contribution in [3.8, 4) is 6.07 Å². The number of dihydropyridines is 1. The van der Waals surface area contributed by atoms with E-state index < -0.39 is 28.8 Å². The van der Waals surface area contributed by atoms with Crippen molar-refractivity contribution < 1.29 is 24.0 Å². The van der Waals surface area contributed by atoms with E-state index in [1.165, 1.54) is 12.1 Å². The summed E-state index contributed by atoms with van der Waals surface area (Å²) in [6.45, 7) is 2.51. The Hall–Kier alpha value is -3.71. The minimum atomic E-state index is -1.37. The summed E-state index contributed by atoms with van der Waals surface area (Å²) in [5.41, 5.74) is 7.67. The van der Waals surface area contributed by atoms with Crippen molar-refractivity contribution in [3.05, 3.63) is 63.0 Å². The van der Waals surface area contributed by atoms with Crippen molar-refractivity contribution in [1.29, 1.82) is 5.26 Å². The standard InChI is InChI=1S/C23H28N4O6/c1-3-19-21(23(29)33-20(11-12-24)22(25)28)18(14-16(26-19)6-4-5-13-32-2)15-7-9-17(10-8-15)27(30)31/h7-10,14,18,20,26H,3-6,11,13H2,1-2H3,(H2,25,28). The number of nitro groups is 1. The third-order valence-electron chi connectivity index (χ3n) is 5.24. The van der Waals surface area contributed by atoms with E-state index in [-0.39, 0.29) is 17.7 Å². The first-order valence-electron chi connectivity index (χ1n) is 10.6. The number of carbonyl (C=O) groups is 2. The minimum absolute atomic E-state index is 0.0666. The van der Waals surface area contributed by atoms with Crippen LogP contribution in [0.4, 0.5) is 5.69 Å². The van der Waals surface area contributed by atoms with E-state index in [0.717, 1.165) is 25.0 Å². The monoisotopic (exact) mass is 456 g/mol. The molecule has 10 nitrogen and oxygen atoms in total. The average molecular weight is 456 g/mol. The zero-order valence-electron chi connectivity index (χ0n) is 18.7. The molecule has 1 aliphatic heterocycles. The van der Waals surface area contributed by atoms with Crippen LogP contribution in [0.25, 0.3) is 0 Å². The van der Waals surface area contributed by atoms with Crippen LogP contribution in [0, 0.1) is 21.4 Å². The van der Waals surface area contributed by atoms with Crippen LogP contribution in [0.1, 0.15) is 50.5 Å². The highest BCUT2D eigenvalue weighted by Crippen LogP contribution is 2.36. The maximum Gasteiger partial charge on any atom is 0.337 e. The first-order chi connectivity index (χ1) is 15.8. The molecule has 0 bridgehead atoms. The molecule has 1 amide bonds. The number of nitriles is 1. The fourth-order valence-electron chi connectivity index (χ4n) is 3.55. The van der Waals surface area contributed by atoms with Crippen molar-refractivity contribution in [2.45, 2.75) is 51.0 Å². The van der Waals surface area contributed by atoms with Gasteiger partial charge in [-0.1, -0.05) is 25.1 Å². The number of allylic oxidation sites excluding steroid dienone is 3. The van der Waals surface area contributed by atoms with Crippen LogP contribution in [0.5, 0.6) is 0 Å². The van der Waals surface area contributed by atoms with E-state index in [1.54, 1.807) is 25.3 Å². The predicted octanol–water partition coefficient (Wildman–Crippen LogP) is 2.96. The number of primary amides is 1. The van der Waals surface area contributed by atoms with Gasteiger partial charge in [-0.25, -0.2) is 4.79 Å². The van der Waals surface area contributed by atoms with Gasteiger partial charge in [0.1, 0.15) is 0 Å². The van der Waals surface area contributed by atoms with E-state index in [2.05, 4.69) is 5.32 Å². The van der Waals surface area contributed by atoms with Crippen LogP contribution in [-0.4, -0.2) is 36.6 Å². The smallest absolute Gasteiger partial charge is 0.337 e. The summed E-state index contributed by atoms with van der Waals surface area (Å²) < 4.78 is 10.4. The lowest BCUT2D eigenvalue weighted by molar-refractivity contribution is -0.384. The predicted molar refractivity (Wildman–Crippen MR) is 119 cm³/mol. The molecule has 0 radical (unpaired) electrons. The number of non-ortho nitro benzene ring substituents is 1. The SMILES string of the molecule is CCC1=C(C(=O)OC(CC#N)C(N)=O)C(c2ccc([N+](=O)[O-])cc2)C=C(CCCCOC)N1. The number of hydrogen-bond donors (Lipinski definition) is 2. The number of nitrogens with two attached hydrogens (primary N) is 1. The van der Waals surface area contributed by atoms with Gasteiger partial charge >= 0.3 is 5.97 Å². The third kappa shape index (κ3) is 6.89. The van der Waals surface area contributed by atoms with Crippen LogP contribution in [-0.2, 0) is 19.1 Å². The van der Waals surface area contributed by atoms with Gasteiger partial charge in [0.15, 0.2) is 6.10 Å². The number of unbranched alkanes of at least 4 members (excludes halogenated alkanes) is 1. The van der Waals surface area contributed by atoms with Crippen molar-refractivity contribution in [3.63, 3.8) is 0 Å². The number of esters is 1. The Morgan fingerprint density at radius 1 is 1.30 bits per heavy atom. The summed E-state index contributed by atoms with van der Waals surface area (Å²) in [5.74, 6) is -2.23. The van der Waals surface area contributed by atoms with Gasteiger partial charge in [-0.15, -0.1) is 0 Å². The molecule has 0 fully saturated rings. The van der Waals surface area contributed by atoms with Gasteiger partial charge in [-0.05, 0) is 31.2 Å². The Morgan fingerprint density at radius 2 is 2.00 bits per heavy atom. The Kier molecular flexibility index (Phi) is 9.57. The second-order valence-corrected chi connectivity index (χ2v) is 7.50. The molecule has 2 atom stereocenters. The van der Waals surface area contributed by atoms with E-state index in [1.807, 2.05) is 13.0 Å². The molecule has 0 aliphatic carbocycles. The van der Waals surface area contributed by atoms with Crippen molar-refractivity contribution >= 4 is 17.6 Å². The number of carbonyl (C=O) groups excluding carboxylic acids is 2. The van der Waals surface area contributed by atoms with Crippen LogP contribution in [0.15, 0.2) is 47.3 Å². The molecule has 0 saturated heterocycles. The molecule has 1 aliphatic rings. The number of methoxy groups -OCH3 is 1.